The lowest BCUT2D eigenvalue weighted by atomic mass is 10.3. The average molecular weight is 328 g/mol. The molecule has 5 nitrogen and oxygen atoms in total. The molecule has 0 saturated carbocycles. The Hall–Kier alpha value is -1.75. The summed E-state index contributed by atoms with van der Waals surface area (Å²) in [5.74, 6) is -0.968. The summed E-state index contributed by atoms with van der Waals surface area (Å²) < 4.78 is 2.52. The summed E-state index contributed by atoms with van der Waals surface area (Å²) in [7, 11) is 0. The molecule has 0 aromatic carbocycles. The zero-order valence-electron chi connectivity index (χ0n) is 10.1. The predicted octanol–water partition coefficient (Wildman–Crippen LogP) is -1.34. The summed E-state index contributed by atoms with van der Waals surface area (Å²) in [6.07, 6.45) is 3.62. The number of hydrogen-bond acceptors (Lipinski definition) is 5. The number of thioether (sulfide) groups is 1. The summed E-state index contributed by atoms with van der Waals surface area (Å²) in [6, 6.07) is 7.59. The topological polar surface area (TPSA) is 91.0 Å². The van der Waals surface area contributed by atoms with Crippen molar-refractivity contribution >= 4 is 34.8 Å². The second-order valence-corrected chi connectivity index (χ2v) is 5.82. The minimum absolute atomic E-state index is 0. The van der Waals surface area contributed by atoms with Crippen molar-refractivity contribution in [2.45, 2.75) is 4.21 Å². The van der Waals surface area contributed by atoms with Gasteiger partial charge in [-0.05, 0) is 0 Å². The number of aromatic nitrogens is 1. The highest BCUT2D eigenvalue weighted by Gasteiger charge is 2.24. The molecule has 2 heterocycles. The fraction of sp³-hybridized carbons (Fsp3) is 0.0833. The molecule has 0 unspecified atom stereocenters. The van der Waals surface area contributed by atoms with E-state index < -0.39 is 5.97 Å². The molecular weight excluding hydrogens is 318 g/mol. The van der Waals surface area contributed by atoms with Crippen LogP contribution in [0.3, 0.4) is 0 Å². The van der Waals surface area contributed by atoms with E-state index in [-0.39, 0.29) is 18.2 Å². The van der Waals surface area contributed by atoms with Crippen LogP contribution in [0.2, 0.25) is 0 Å². The number of rotatable bonds is 4. The van der Waals surface area contributed by atoms with Crippen molar-refractivity contribution in [3.8, 4) is 11.8 Å². The minimum atomic E-state index is -0.903. The Morgan fingerprint density at radius 1 is 1.45 bits per heavy atom. The van der Waals surface area contributed by atoms with E-state index in [0.717, 1.165) is 4.21 Å². The Morgan fingerprint density at radius 3 is 2.65 bits per heavy atom. The van der Waals surface area contributed by atoms with E-state index in [1.54, 1.807) is 4.57 Å². The maximum Gasteiger partial charge on any atom is 0.313 e. The van der Waals surface area contributed by atoms with Gasteiger partial charge < -0.3 is 23.2 Å². The Labute approximate surface area is 130 Å². The molecule has 0 aliphatic carbocycles. The number of nitrogens with zero attached hydrogens (tertiary/aromatic N) is 2. The van der Waals surface area contributed by atoms with Crippen molar-refractivity contribution in [2.75, 3.05) is 11.5 Å². The van der Waals surface area contributed by atoms with Gasteiger partial charge >= 0.3 is 5.97 Å². The third kappa shape index (κ3) is 3.42. The normalized spacial score (nSPS) is 9.55. The molecule has 0 spiro atoms. The van der Waals surface area contributed by atoms with Gasteiger partial charge in [0.1, 0.15) is 20.8 Å². The molecule has 8 heteroatoms. The zero-order chi connectivity index (χ0) is 13.8. The van der Waals surface area contributed by atoms with Crippen molar-refractivity contribution in [3.05, 3.63) is 35.5 Å². The van der Waals surface area contributed by atoms with Gasteiger partial charge in [-0.2, -0.15) is 9.83 Å². The van der Waals surface area contributed by atoms with Crippen LogP contribution in [0.25, 0.3) is 5.69 Å². The first-order valence-corrected chi connectivity index (χ1v) is 7.07. The molecule has 0 amide bonds. The molecule has 2 aromatic rings. The maximum atomic E-state index is 10.7. The first-order valence-electron chi connectivity index (χ1n) is 5.27. The molecule has 0 bridgehead atoms. The van der Waals surface area contributed by atoms with Gasteiger partial charge in [-0.3, -0.25) is 4.79 Å². The van der Waals surface area contributed by atoms with Crippen molar-refractivity contribution in [2.24, 2.45) is 0 Å². The van der Waals surface area contributed by atoms with E-state index in [0.29, 0.717) is 16.3 Å². The van der Waals surface area contributed by atoms with Crippen LogP contribution >= 0.6 is 23.1 Å². The van der Waals surface area contributed by atoms with Crippen LogP contribution in [-0.2, 0) is 4.79 Å². The molecule has 0 aliphatic rings. The van der Waals surface area contributed by atoms with Gasteiger partial charge in [-0.25, -0.2) is 0 Å². The van der Waals surface area contributed by atoms with Crippen LogP contribution in [0.4, 0.5) is 5.69 Å². The number of carboxylic acid groups (broad SMARTS) is 1. The third-order valence-corrected chi connectivity index (χ3v) is 4.63. The fourth-order valence-corrected chi connectivity index (χ4v) is 3.53. The van der Waals surface area contributed by atoms with Gasteiger partial charge in [0.05, 0.1) is 5.75 Å². The smallest absolute Gasteiger partial charge is 0.313 e. The lowest BCUT2D eigenvalue weighted by Crippen LogP contribution is -3.00. The predicted molar refractivity (Wildman–Crippen MR) is 73.3 cm³/mol. The number of nitriles is 1. The summed E-state index contributed by atoms with van der Waals surface area (Å²) in [5, 5.41) is 17.8. The number of thiophene rings is 1. The number of carboxylic acids is 1. The number of pyridine rings is 1. The average Bonchev–Trinajstić information content (AvgIpc) is 2.73. The van der Waals surface area contributed by atoms with Gasteiger partial charge in [-0.15, -0.1) is 11.3 Å². The highest BCUT2D eigenvalue weighted by atomic mass is 35.5. The summed E-state index contributed by atoms with van der Waals surface area (Å²) in [5.41, 5.74) is 7.02. The number of nitrogen functional groups attached to an aromatic ring is 1. The first-order chi connectivity index (χ1) is 9.13. The van der Waals surface area contributed by atoms with Crippen molar-refractivity contribution < 1.29 is 26.9 Å². The van der Waals surface area contributed by atoms with E-state index in [1.807, 2.05) is 36.7 Å². The van der Waals surface area contributed by atoms with E-state index in [9.17, 15) is 4.79 Å². The first kappa shape index (κ1) is 16.3. The summed E-state index contributed by atoms with van der Waals surface area (Å²) in [4.78, 5) is 11.1. The second-order valence-electron chi connectivity index (χ2n) is 3.56. The van der Waals surface area contributed by atoms with E-state index in [2.05, 4.69) is 0 Å². The molecule has 20 heavy (non-hydrogen) atoms. The van der Waals surface area contributed by atoms with Crippen LogP contribution in [0, 0.1) is 11.3 Å². The van der Waals surface area contributed by atoms with Gasteiger partial charge in [0.15, 0.2) is 12.4 Å². The second kappa shape index (κ2) is 7.14. The van der Waals surface area contributed by atoms with Crippen molar-refractivity contribution in [3.63, 3.8) is 0 Å². The molecule has 104 valence electrons. The molecule has 3 N–H and O–H groups in total. The van der Waals surface area contributed by atoms with Crippen molar-refractivity contribution in [1.29, 1.82) is 5.26 Å². The molecule has 0 radical (unpaired) electrons. The van der Waals surface area contributed by atoms with Gasteiger partial charge in [0.25, 0.3) is 5.69 Å². The van der Waals surface area contributed by atoms with Gasteiger partial charge in [-0.1, -0.05) is 17.8 Å². The van der Waals surface area contributed by atoms with Gasteiger partial charge in [0.2, 0.25) is 0 Å². The third-order valence-electron chi connectivity index (χ3n) is 2.29. The Morgan fingerprint density at radius 2 is 2.10 bits per heavy atom. The minimum Gasteiger partial charge on any atom is -1.00 e. The molecule has 0 aliphatic heterocycles. The summed E-state index contributed by atoms with van der Waals surface area (Å²) >= 11 is 2.38. The number of aliphatic carboxylic acids is 1. The van der Waals surface area contributed by atoms with Crippen LogP contribution in [0.5, 0.6) is 0 Å². The SMILES string of the molecule is N#Cc1sc(SCC(=O)O)c(-[n+]2ccccc2)c1N.[Cl-]. The highest BCUT2D eigenvalue weighted by Crippen LogP contribution is 2.37. The highest BCUT2D eigenvalue weighted by molar-refractivity contribution is 8.01. The molecule has 2 rings (SSSR count). The zero-order valence-corrected chi connectivity index (χ0v) is 12.5. The van der Waals surface area contributed by atoms with E-state index >= 15 is 0 Å². The quantitative estimate of drug-likeness (QED) is 0.536. The lowest BCUT2D eigenvalue weighted by molar-refractivity contribution is -0.596. The number of hydrogen-bond donors (Lipinski definition) is 2. The van der Waals surface area contributed by atoms with E-state index in [1.165, 1.54) is 23.1 Å². The van der Waals surface area contributed by atoms with Crippen LogP contribution in [0.1, 0.15) is 4.88 Å². The Balaban J connectivity index is 0.00000200. The monoisotopic (exact) mass is 327 g/mol. The van der Waals surface area contributed by atoms with Crippen LogP contribution < -0.4 is 22.7 Å². The van der Waals surface area contributed by atoms with E-state index in [4.69, 9.17) is 16.1 Å². The molecule has 0 saturated heterocycles. The van der Waals surface area contributed by atoms with Crippen molar-refractivity contribution in [1.82, 2.24) is 0 Å². The summed E-state index contributed by atoms with van der Waals surface area (Å²) in [6.45, 7) is 0. The van der Waals surface area contributed by atoms with Crippen LogP contribution in [-0.4, -0.2) is 16.8 Å². The number of nitrogens with two attached hydrogens (primary N) is 1. The molecule has 0 atom stereocenters. The number of halogens is 1. The maximum absolute atomic E-state index is 10.7. The molecule has 2 aromatic heterocycles. The molecule has 0 fully saturated rings. The number of anilines is 1. The molecular formula is C12H10ClN3O2S2. The Kier molecular flexibility index (Phi) is 5.82. The Bertz CT molecular complexity index is 653. The number of carbonyl (C=O) groups is 1. The lowest BCUT2D eigenvalue weighted by Gasteiger charge is -1.98. The fourth-order valence-electron chi connectivity index (χ4n) is 1.51. The largest absolute Gasteiger partial charge is 1.00 e. The van der Waals surface area contributed by atoms with Crippen LogP contribution in [0.15, 0.2) is 34.8 Å². The standard InChI is InChI=1S/C12H9N3O2S2.ClH/c13-6-8-10(14)11(15-4-2-1-3-5-15)12(19-8)18-7-9(16)17;/h1-5H,7,14H2;1H. The van der Waals surface area contributed by atoms with Gasteiger partial charge in [0, 0.05) is 12.1 Å².